The second-order valence-electron chi connectivity index (χ2n) is 3.92. The third kappa shape index (κ3) is 3.27. The Kier molecular flexibility index (Phi) is 3.95. The molecule has 0 spiro atoms. The van der Waals surface area contributed by atoms with E-state index in [4.69, 9.17) is 10.2 Å². The van der Waals surface area contributed by atoms with E-state index >= 15 is 0 Å². The van der Waals surface area contributed by atoms with Gasteiger partial charge >= 0.3 is 0 Å². The SMILES string of the molecule is CCNC(N)=NCC(C)(O)c1ccc(C)o1. The molecule has 1 aromatic heterocycles. The van der Waals surface area contributed by atoms with Crippen molar-refractivity contribution in [1.29, 1.82) is 0 Å². The van der Waals surface area contributed by atoms with E-state index in [9.17, 15) is 5.11 Å². The second-order valence-corrected chi connectivity index (χ2v) is 3.92. The third-order valence-corrected chi connectivity index (χ3v) is 2.19. The van der Waals surface area contributed by atoms with E-state index < -0.39 is 5.60 Å². The molecule has 0 aliphatic heterocycles. The fourth-order valence-corrected chi connectivity index (χ4v) is 1.28. The van der Waals surface area contributed by atoms with Crippen molar-refractivity contribution >= 4 is 5.96 Å². The maximum absolute atomic E-state index is 10.1. The van der Waals surface area contributed by atoms with Gasteiger partial charge in [-0.05, 0) is 32.9 Å². The van der Waals surface area contributed by atoms with Gasteiger partial charge < -0.3 is 20.6 Å². The summed E-state index contributed by atoms with van der Waals surface area (Å²) in [6, 6.07) is 3.55. The van der Waals surface area contributed by atoms with Crippen LogP contribution in [0.25, 0.3) is 0 Å². The molecule has 5 heteroatoms. The molecule has 0 fully saturated rings. The molecule has 4 N–H and O–H groups in total. The zero-order valence-electron chi connectivity index (χ0n) is 9.95. The zero-order valence-corrected chi connectivity index (χ0v) is 9.95. The number of rotatable bonds is 4. The van der Waals surface area contributed by atoms with Crippen LogP contribution < -0.4 is 11.1 Å². The average molecular weight is 225 g/mol. The number of guanidine groups is 1. The molecule has 1 rings (SSSR count). The number of furan rings is 1. The van der Waals surface area contributed by atoms with Crippen molar-refractivity contribution in [2.45, 2.75) is 26.4 Å². The minimum atomic E-state index is -1.13. The molecule has 5 nitrogen and oxygen atoms in total. The van der Waals surface area contributed by atoms with Gasteiger partial charge in [0, 0.05) is 6.54 Å². The molecule has 1 aromatic rings. The number of aliphatic hydroxyl groups is 1. The van der Waals surface area contributed by atoms with Crippen LogP contribution >= 0.6 is 0 Å². The van der Waals surface area contributed by atoms with Gasteiger partial charge in [0.1, 0.15) is 17.1 Å². The van der Waals surface area contributed by atoms with Gasteiger partial charge in [-0.15, -0.1) is 0 Å². The van der Waals surface area contributed by atoms with Gasteiger partial charge in [0.05, 0.1) is 6.54 Å². The standard InChI is InChI=1S/C11H19N3O2/c1-4-13-10(12)14-7-11(3,15)9-6-5-8(2)16-9/h5-6,15H,4,7H2,1-3H3,(H3,12,13,14). The molecule has 0 radical (unpaired) electrons. The van der Waals surface area contributed by atoms with Crippen molar-refractivity contribution in [2.24, 2.45) is 10.7 Å². The Balaban J connectivity index is 2.68. The molecule has 0 aliphatic carbocycles. The maximum atomic E-state index is 10.1. The van der Waals surface area contributed by atoms with Crippen molar-refractivity contribution in [2.75, 3.05) is 13.1 Å². The minimum absolute atomic E-state index is 0.165. The molecule has 1 heterocycles. The van der Waals surface area contributed by atoms with Crippen molar-refractivity contribution < 1.29 is 9.52 Å². The first kappa shape index (κ1) is 12.6. The lowest BCUT2D eigenvalue weighted by molar-refractivity contribution is 0.0429. The predicted octanol–water partition coefficient (Wildman–Crippen LogP) is 0.720. The molecule has 1 atom stereocenters. The number of hydrogen-bond acceptors (Lipinski definition) is 3. The molecular formula is C11H19N3O2. The van der Waals surface area contributed by atoms with E-state index in [2.05, 4.69) is 10.3 Å². The summed E-state index contributed by atoms with van der Waals surface area (Å²) in [5.74, 6) is 1.59. The lowest BCUT2D eigenvalue weighted by Gasteiger charge is -2.18. The summed E-state index contributed by atoms with van der Waals surface area (Å²) in [4.78, 5) is 4.04. The van der Waals surface area contributed by atoms with E-state index in [0.29, 0.717) is 18.3 Å². The van der Waals surface area contributed by atoms with E-state index in [1.807, 2.05) is 13.8 Å². The highest BCUT2D eigenvalue weighted by molar-refractivity contribution is 5.77. The van der Waals surface area contributed by atoms with Crippen LogP contribution in [0.5, 0.6) is 0 Å². The molecule has 0 bridgehead atoms. The Bertz CT molecular complexity index is 369. The van der Waals surface area contributed by atoms with Gasteiger partial charge in [0.15, 0.2) is 5.96 Å². The van der Waals surface area contributed by atoms with Crippen LogP contribution in [0.3, 0.4) is 0 Å². The normalized spacial score (nSPS) is 15.9. The molecule has 16 heavy (non-hydrogen) atoms. The second kappa shape index (κ2) is 5.03. The van der Waals surface area contributed by atoms with Gasteiger partial charge in [-0.25, -0.2) is 4.99 Å². The largest absolute Gasteiger partial charge is 0.463 e. The molecule has 0 aliphatic rings. The predicted molar refractivity (Wildman–Crippen MR) is 63.2 cm³/mol. The quantitative estimate of drug-likeness (QED) is 0.521. The highest BCUT2D eigenvalue weighted by atomic mass is 16.4. The Morgan fingerprint density at radius 1 is 1.62 bits per heavy atom. The minimum Gasteiger partial charge on any atom is -0.463 e. The van der Waals surface area contributed by atoms with Gasteiger partial charge in [0.25, 0.3) is 0 Å². The van der Waals surface area contributed by atoms with Crippen LogP contribution in [0.2, 0.25) is 0 Å². The molecule has 90 valence electrons. The molecule has 0 amide bonds. The molecule has 0 saturated carbocycles. The monoisotopic (exact) mass is 225 g/mol. The van der Waals surface area contributed by atoms with Crippen LogP contribution in [0.4, 0.5) is 0 Å². The number of aliphatic imine (C=N–C) groups is 1. The molecule has 0 aromatic carbocycles. The zero-order chi connectivity index (χ0) is 12.2. The van der Waals surface area contributed by atoms with Gasteiger partial charge in [-0.1, -0.05) is 0 Å². The van der Waals surface area contributed by atoms with Gasteiger partial charge in [-0.2, -0.15) is 0 Å². The van der Waals surface area contributed by atoms with Crippen LogP contribution in [-0.2, 0) is 5.60 Å². The lowest BCUT2D eigenvalue weighted by atomic mass is 10.0. The van der Waals surface area contributed by atoms with Crippen LogP contribution in [0.1, 0.15) is 25.4 Å². The Morgan fingerprint density at radius 3 is 2.81 bits per heavy atom. The number of nitrogens with two attached hydrogens (primary N) is 1. The first-order chi connectivity index (χ1) is 7.45. The summed E-state index contributed by atoms with van der Waals surface area (Å²) in [5.41, 5.74) is 4.44. The van der Waals surface area contributed by atoms with Crippen molar-refractivity contribution in [3.63, 3.8) is 0 Å². The highest BCUT2D eigenvalue weighted by Crippen LogP contribution is 2.22. The number of nitrogens with one attached hydrogen (secondary N) is 1. The summed E-state index contributed by atoms with van der Waals surface area (Å²) >= 11 is 0. The van der Waals surface area contributed by atoms with Gasteiger partial charge in [-0.3, -0.25) is 0 Å². The third-order valence-electron chi connectivity index (χ3n) is 2.19. The van der Waals surface area contributed by atoms with Crippen molar-refractivity contribution in [3.8, 4) is 0 Å². The highest BCUT2D eigenvalue weighted by Gasteiger charge is 2.26. The van der Waals surface area contributed by atoms with Crippen molar-refractivity contribution in [1.82, 2.24) is 5.32 Å². The molecule has 1 unspecified atom stereocenters. The smallest absolute Gasteiger partial charge is 0.188 e. The fourth-order valence-electron chi connectivity index (χ4n) is 1.28. The van der Waals surface area contributed by atoms with Crippen LogP contribution in [0, 0.1) is 6.92 Å². The number of nitrogens with zero attached hydrogens (tertiary/aromatic N) is 1. The van der Waals surface area contributed by atoms with E-state index in [0.717, 1.165) is 5.76 Å². The number of aryl methyl sites for hydroxylation is 1. The first-order valence-corrected chi connectivity index (χ1v) is 5.29. The van der Waals surface area contributed by atoms with E-state index in [1.54, 1.807) is 19.1 Å². The Morgan fingerprint density at radius 2 is 2.31 bits per heavy atom. The molecule has 0 saturated heterocycles. The summed E-state index contributed by atoms with van der Waals surface area (Å²) < 4.78 is 5.36. The Hall–Kier alpha value is -1.49. The maximum Gasteiger partial charge on any atom is 0.188 e. The average Bonchev–Trinajstić information content (AvgIpc) is 2.63. The topological polar surface area (TPSA) is 83.8 Å². The van der Waals surface area contributed by atoms with E-state index in [-0.39, 0.29) is 6.54 Å². The first-order valence-electron chi connectivity index (χ1n) is 5.29. The van der Waals surface area contributed by atoms with E-state index in [1.165, 1.54) is 0 Å². The van der Waals surface area contributed by atoms with Crippen LogP contribution in [0.15, 0.2) is 21.5 Å². The fraction of sp³-hybridized carbons (Fsp3) is 0.545. The Labute approximate surface area is 95.4 Å². The van der Waals surface area contributed by atoms with Crippen LogP contribution in [-0.4, -0.2) is 24.2 Å². The lowest BCUT2D eigenvalue weighted by Crippen LogP contribution is -2.34. The summed E-state index contributed by atoms with van der Waals surface area (Å²) in [5, 5.41) is 13.0. The summed E-state index contributed by atoms with van der Waals surface area (Å²) in [6.07, 6.45) is 0. The van der Waals surface area contributed by atoms with Crippen molar-refractivity contribution in [3.05, 3.63) is 23.7 Å². The van der Waals surface area contributed by atoms with Gasteiger partial charge in [0.2, 0.25) is 0 Å². The summed E-state index contributed by atoms with van der Waals surface area (Å²) in [7, 11) is 0. The summed E-state index contributed by atoms with van der Waals surface area (Å²) in [6.45, 7) is 6.27. The number of hydrogen-bond donors (Lipinski definition) is 3. The molecular weight excluding hydrogens is 206 g/mol.